The van der Waals surface area contributed by atoms with Crippen molar-refractivity contribution in [1.82, 2.24) is 25.8 Å². The highest BCUT2D eigenvalue weighted by molar-refractivity contribution is 14.0. The lowest BCUT2D eigenvalue weighted by molar-refractivity contribution is 0.371. The summed E-state index contributed by atoms with van der Waals surface area (Å²) in [6.07, 6.45) is 0. The molecule has 2 heterocycles. The molecular weight excluding hydrogens is 391 g/mol. The Morgan fingerprint density at radius 1 is 1.30 bits per heavy atom. The number of halogens is 1. The monoisotopic (exact) mass is 408 g/mol. The van der Waals surface area contributed by atoms with Crippen LogP contribution < -0.4 is 10.6 Å². The third-order valence-electron chi connectivity index (χ3n) is 2.27. The molecule has 0 radical (unpaired) electrons. The maximum atomic E-state index is 5.01. The Kier molecular flexibility index (Phi) is 6.85. The Balaban J connectivity index is 0.00000200. The van der Waals surface area contributed by atoms with Crippen molar-refractivity contribution < 1.29 is 4.52 Å². The molecule has 0 atom stereocenters. The highest BCUT2D eigenvalue weighted by Crippen LogP contribution is 2.07. The van der Waals surface area contributed by atoms with Crippen molar-refractivity contribution in [3.8, 4) is 0 Å². The number of hydrogen-bond donors (Lipinski definition) is 2. The molecule has 0 unspecified atom stereocenters. The summed E-state index contributed by atoms with van der Waals surface area (Å²) in [6, 6.07) is 0. The number of aryl methyl sites for hydroxylation is 2. The molecule has 0 bridgehead atoms. The van der Waals surface area contributed by atoms with Crippen LogP contribution in [0.25, 0.3) is 0 Å². The summed E-state index contributed by atoms with van der Waals surface area (Å²) in [6.45, 7) is 4.84. The molecular formula is C11H17IN6OS. The normalized spacial score (nSPS) is 11.1. The topological polar surface area (TPSA) is 88.2 Å². The highest BCUT2D eigenvalue weighted by Gasteiger charge is 2.05. The van der Waals surface area contributed by atoms with E-state index in [0.29, 0.717) is 30.8 Å². The van der Waals surface area contributed by atoms with Gasteiger partial charge in [-0.05, 0) is 13.8 Å². The van der Waals surface area contributed by atoms with Crippen molar-refractivity contribution in [3.63, 3.8) is 0 Å². The highest BCUT2D eigenvalue weighted by atomic mass is 127. The van der Waals surface area contributed by atoms with Crippen molar-refractivity contribution >= 4 is 41.3 Å². The number of rotatable bonds is 4. The van der Waals surface area contributed by atoms with Gasteiger partial charge in [-0.15, -0.1) is 35.3 Å². The van der Waals surface area contributed by atoms with Gasteiger partial charge in [0.25, 0.3) is 0 Å². The minimum Gasteiger partial charge on any atom is -0.350 e. The molecule has 2 N–H and O–H groups in total. The molecule has 0 saturated carbocycles. The van der Waals surface area contributed by atoms with Crippen molar-refractivity contribution in [1.29, 1.82) is 0 Å². The molecule has 0 aromatic carbocycles. The molecule has 9 heteroatoms. The van der Waals surface area contributed by atoms with E-state index >= 15 is 0 Å². The van der Waals surface area contributed by atoms with Gasteiger partial charge in [0.2, 0.25) is 5.89 Å². The van der Waals surface area contributed by atoms with E-state index in [4.69, 9.17) is 4.52 Å². The standard InChI is InChI=1S/C11H16N6OS.HI/c1-7-6-19-10(15-7)5-14-11(12-3)13-4-9-16-8(2)17-18-9;/h6H,4-5H2,1-3H3,(H2,12,13,14);1H. The predicted octanol–water partition coefficient (Wildman–Crippen LogP) is 1.63. The maximum Gasteiger partial charge on any atom is 0.246 e. The summed E-state index contributed by atoms with van der Waals surface area (Å²) in [4.78, 5) is 12.6. The number of nitrogens with zero attached hydrogens (tertiary/aromatic N) is 4. The summed E-state index contributed by atoms with van der Waals surface area (Å²) in [5.41, 5.74) is 1.03. The largest absolute Gasteiger partial charge is 0.350 e. The minimum atomic E-state index is 0. The fourth-order valence-electron chi connectivity index (χ4n) is 1.44. The van der Waals surface area contributed by atoms with Gasteiger partial charge in [-0.25, -0.2) is 4.98 Å². The average Bonchev–Trinajstić information content (AvgIpc) is 2.99. The molecule has 0 aliphatic rings. The Labute approximate surface area is 138 Å². The molecule has 0 amide bonds. The number of aromatic nitrogens is 3. The fourth-order valence-corrected chi connectivity index (χ4v) is 2.15. The van der Waals surface area contributed by atoms with E-state index in [1.807, 2.05) is 12.3 Å². The van der Waals surface area contributed by atoms with Gasteiger partial charge in [-0.3, -0.25) is 4.99 Å². The van der Waals surface area contributed by atoms with Crippen molar-refractivity contribution in [2.24, 2.45) is 4.99 Å². The summed E-state index contributed by atoms with van der Waals surface area (Å²) in [7, 11) is 1.71. The summed E-state index contributed by atoms with van der Waals surface area (Å²) >= 11 is 1.62. The van der Waals surface area contributed by atoms with Crippen LogP contribution in [0.3, 0.4) is 0 Å². The van der Waals surface area contributed by atoms with Crippen LogP contribution in [0.15, 0.2) is 14.9 Å². The molecule has 0 aliphatic carbocycles. The number of aliphatic imine (C=N–C) groups is 1. The van der Waals surface area contributed by atoms with Gasteiger partial charge in [-0.1, -0.05) is 5.16 Å². The van der Waals surface area contributed by atoms with E-state index in [2.05, 4.69) is 30.8 Å². The van der Waals surface area contributed by atoms with Crippen LogP contribution in [0.4, 0.5) is 0 Å². The van der Waals surface area contributed by atoms with Crippen LogP contribution in [-0.4, -0.2) is 28.1 Å². The van der Waals surface area contributed by atoms with Gasteiger partial charge in [0, 0.05) is 18.1 Å². The van der Waals surface area contributed by atoms with Crippen LogP contribution in [-0.2, 0) is 13.1 Å². The SMILES string of the molecule is CN=C(NCc1nc(C)no1)NCc1nc(C)cs1.I. The van der Waals surface area contributed by atoms with Crippen LogP contribution in [0.2, 0.25) is 0 Å². The lowest BCUT2D eigenvalue weighted by Gasteiger charge is -2.08. The van der Waals surface area contributed by atoms with Gasteiger partial charge < -0.3 is 15.2 Å². The van der Waals surface area contributed by atoms with E-state index < -0.39 is 0 Å². The summed E-state index contributed by atoms with van der Waals surface area (Å²) < 4.78 is 5.01. The molecule has 0 aliphatic heterocycles. The first-order chi connectivity index (χ1) is 9.17. The first kappa shape index (κ1) is 16.8. The first-order valence-corrected chi connectivity index (χ1v) is 6.70. The van der Waals surface area contributed by atoms with Crippen LogP contribution in [0.5, 0.6) is 0 Å². The van der Waals surface area contributed by atoms with Crippen LogP contribution in [0, 0.1) is 13.8 Å². The zero-order valence-corrected chi connectivity index (χ0v) is 14.7. The molecule has 110 valence electrons. The lowest BCUT2D eigenvalue weighted by atomic mass is 10.5. The Bertz CT molecular complexity index is 521. The second kappa shape index (κ2) is 8.15. The molecule has 0 spiro atoms. The van der Waals surface area contributed by atoms with E-state index in [0.717, 1.165) is 10.7 Å². The molecule has 7 nitrogen and oxygen atoms in total. The molecule has 2 aromatic rings. The van der Waals surface area contributed by atoms with E-state index in [-0.39, 0.29) is 24.0 Å². The molecule has 20 heavy (non-hydrogen) atoms. The number of thiazole rings is 1. The van der Waals surface area contributed by atoms with E-state index in [9.17, 15) is 0 Å². The Morgan fingerprint density at radius 2 is 2.05 bits per heavy atom. The smallest absolute Gasteiger partial charge is 0.246 e. The molecule has 0 fully saturated rings. The maximum absolute atomic E-state index is 5.01. The van der Waals surface area contributed by atoms with Gasteiger partial charge in [0.15, 0.2) is 11.8 Å². The van der Waals surface area contributed by atoms with Gasteiger partial charge in [-0.2, -0.15) is 4.98 Å². The van der Waals surface area contributed by atoms with Crippen molar-refractivity contribution in [2.45, 2.75) is 26.9 Å². The fraction of sp³-hybridized carbons (Fsp3) is 0.455. The first-order valence-electron chi connectivity index (χ1n) is 5.82. The Morgan fingerprint density at radius 3 is 2.60 bits per heavy atom. The number of hydrogen-bond acceptors (Lipinski definition) is 6. The third-order valence-corrected chi connectivity index (χ3v) is 3.24. The second-order valence-electron chi connectivity index (χ2n) is 3.90. The molecule has 2 aromatic heterocycles. The lowest BCUT2D eigenvalue weighted by Crippen LogP contribution is -2.36. The average molecular weight is 408 g/mol. The van der Waals surface area contributed by atoms with Gasteiger partial charge in [0.1, 0.15) is 5.01 Å². The van der Waals surface area contributed by atoms with Crippen LogP contribution in [0.1, 0.15) is 22.4 Å². The number of nitrogens with one attached hydrogen (secondary N) is 2. The van der Waals surface area contributed by atoms with Crippen molar-refractivity contribution in [2.75, 3.05) is 7.05 Å². The molecule has 2 rings (SSSR count). The summed E-state index contributed by atoms with van der Waals surface area (Å²) in [5, 5.41) is 13.0. The predicted molar refractivity (Wildman–Crippen MR) is 88.3 cm³/mol. The molecule has 0 saturated heterocycles. The van der Waals surface area contributed by atoms with E-state index in [1.54, 1.807) is 25.3 Å². The third kappa shape index (κ3) is 5.04. The van der Waals surface area contributed by atoms with Crippen LogP contribution >= 0.6 is 35.3 Å². The quantitative estimate of drug-likeness (QED) is 0.454. The Hall–Kier alpha value is -1.23. The minimum absolute atomic E-state index is 0. The van der Waals surface area contributed by atoms with Gasteiger partial charge >= 0.3 is 0 Å². The number of guanidine groups is 1. The van der Waals surface area contributed by atoms with Gasteiger partial charge in [0.05, 0.1) is 13.1 Å². The van der Waals surface area contributed by atoms with Crippen molar-refractivity contribution in [3.05, 3.63) is 27.8 Å². The second-order valence-corrected chi connectivity index (χ2v) is 4.84. The van der Waals surface area contributed by atoms with E-state index in [1.165, 1.54) is 0 Å². The zero-order chi connectivity index (χ0) is 13.7. The zero-order valence-electron chi connectivity index (χ0n) is 11.5. The summed E-state index contributed by atoms with van der Waals surface area (Å²) in [5.74, 6) is 1.83.